The summed E-state index contributed by atoms with van der Waals surface area (Å²) >= 11 is 35.0. The second kappa shape index (κ2) is 9.63. The Morgan fingerprint density at radius 1 is 0.800 bits per heavy atom. The predicted octanol–water partition coefficient (Wildman–Crippen LogP) is 5.20. The largest absolute Gasteiger partial charge is 0.354 e. The minimum atomic E-state index is -1.83. The van der Waals surface area contributed by atoms with E-state index < -0.39 is 7.59 Å². The zero-order chi connectivity index (χ0) is 18.5. The lowest BCUT2D eigenvalue weighted by molar-refractivity contribution is 0.329. The van der Waals surface area contributed by atoms with Crippen LogP contribution in [0.1, 0.15) is 43.8 Å². The van der Waals surface area contributed by atoms with Gasteiger partial charge in [0.2, 0.25) is 13.5 Å². The molecule has 1 N–H and O–H groups in total. The molecule has 1 aliphatic heterocycles. The molecule has 0 aliphatic carbocycles. The van der Waals surface area contributed by atoms with E-state index in [4.69, 9.17) is 69.6 Å². The first-order valence-electron chi connectivity index (χ1n) is 8.03. The van der Waals surface area contributed by atoms with E-state index in [1.807, 2.05) is 0 Å². The minimum Gasteiger partial charge on any atom is -0.354 e. The van der Waals surface area contributed by atoms with Crippen LogP contribution in [0, 0.1) is 0 Å². The Balaban J connectivity index is 1.85. The summed E-state index contributed by atoms with van der Waals surface area (Å²) in [6.07, 6.45) is 5.86. The van der Waals surface area contributed by atoms with Crippen molar-refractivity contribution in [2.45, 2.75) is 39.7 Å². The van der Waals surface area contributed by atoms with Crippen LogP contribution < -0.4 is 5.32 Å². The van der Waals surface area contributed by atoms with Crippen LogP contribution in [-0.4, -0.2) is 46.0 Å². The normalized spacial score (nSPS) is 16.4. The van der Waals surface area contributed by atoms with Crippen molar-refractivity contribution >= 4 is 75.6 Å². The second-order valence-electron chi connectivity index (χ2n) is 5.84. The summed E-state index contributed by atoms with van der Waals surface area (Å²) in [4.78, 5) is 14.6. The fraction of sp³-hybridized carbons (Fsp3) is 0.786. The van der Waals surface area contributed by atoms with Crippen LogP contribution in [0.15, 0.2) is 0 Å². The Kier molecular flexibility index (Phi) is 8.40. The number of aromatic nitrogens is 3. The van der Waals surface area contributed by atoms with Crippen LogP contribution in [0.4, 0.5) is 5.95 Å². The Morgan fingerprint density at radius 2 is 1.36 bits per heavy atom. The molecule has 0 aromatic carbocycles. The molecule has 25 heavy (non-hydrogen) atoms. The highest BCUT2D eigenvalue weighted by Gasteiger charge is 2.33. The van der Waals surface area contributed by atoms with Gasteiger partial charge >= 0.3 is 0 Å². The van der Waals surface area contributed by atoms with Gasteiger partial charge in [0, 0.05) is 6.54 Å². The molecule has 0 atom stereocenters. The fourth-order valence-corrected chi connectivity index (χ4v) is 3.06. The van der Waals surface area contributed by atoms with Crippen molar-refractivity contribution in [2.75, 3.05) is 31.5 Å². The molecule has 0 spiro atoms. The van der Waals surface area contributed by atoms with E-state index in [2.05, 4.69) is 25.2 Å². The van der Waals surface area contributed by atoms with Gasteiger partial charge in [-0.05, 0) is 45.3 Å². The number of nitrogens with one attached hydrogen (secondary N) is 1. The molecule has 142 valence electrons. The number of likely N-dealkylation sites (tertiary alicyclic amines) is 1. The van der Waals surface area contributed by atoms with Crippen molar-refractivity contribution in [3.8, 4) is 0 Å². The van der Waals surface area contributed by atoms with Crippen molar-refractivity contribution in [3.63, 3.8) is 0 Å². The molecular formula is C14H19Cl6N5. The van der Waals surface area contributed by atoms with E-state index in [9.17, 15) is 0 Å². The van der Waals surface area contributed by atoms with Gasteiger partial charge in [-0.1, -0.05) is 76.0 Å². The van der Waals surface area contributed by atoms with Gasteiger partial charge in [-0.25, -0.2) is 4.98 Å². The van der Waals surface area contributed by atoms with Gasteiger partial charge in [0.15, 0.2) is 11.6 Å². The van der Waals surface area contributed by atoms with E-state index in [1.54, 1.807) is 0 Å². The molecule has 0 radical (unpaired) electrons. The molecule has 0 saturated carbocycles. The minimum absolute atomic E-state index is 0.0923. The topological polar surface area (TPSA) is 53.9 Å². The summed E-state index contributed by atoms with van der Waals surface area (Å²) in [5.74, 6) is 0.0351. The van der Waals surface area contributed by atoms with Crippen molar-refractivity contribution < 1.29 is 0 Å². The predicted molar refractivity (Wildman–Crippen MR) is 106 cm³/mol. The van der Waals surface area contributed by atoms with Crippen LogP contribution in [0.5, 0.6) is 0 Å². The van der Waals surface area contributed by atoms with Crippen LogP contribution in [0.25, 0.3) is 0 Å². The van der Waals surface area contributed by atoms with E-state index in [1.165, 1.54) is 25.9 Å². The van der Waals surface area contributed by atoms with Crippen molar-refractivity contribution in [1.82, 2.24) is 19.9 Å². The summed E-state index contributed by atoms with van der Waals surface area (Å²) in [6.45, 7) is 4.27. The average molecular weight is 470 g/mol. The zero-order valence-corrected chi connectivity index (χ0v) is 18.0. The first-order valence-corrected chi connectivity index (χ1v) is 10.3. The molecule has 2 rings (SSSR count). The Morgan fingerprint density at radius 3 is 1.88 bits per heavy atom. The third kappa shape index (κ3) is 7.57. The van der Waals surface area contributed by atoms with Crippen LogP contribution >= 0.6 is 69.6 Å². The molecular weight excluding hydrogens is 451 g/mol. The second-order valence-corrected chi connectivity index (χ2v) is 10.4. The van der Waals surface area contributed by atoms with Crippen molar-refractivity contribution in [3.05, 3.63) is 11.6 Å². The summed E-state index contributed by atoms with van der Waals surface area (Å²) in [6, 6.07) is 0. The maximum atomic E-state index is 5.83. The van der Waals surface area contributed by atoms with Gasteiger partial charge in [0.05, 0.1) is 0 Å². The molecule has 1 aromatic rings. The summed E-state index contributed by atoms with van der Waals surface area (Å²) in [7, 11) is 0. The smallest absolute Gasteiger partial charge is 0.250 e. The number of halogens is 6. The SMILES string of the molecule is ClC(Cl)(Cl)c1nc(NCCCCCN2CCCC2)nc(C(Cl)(Cl)Cl)n1. The number of anilines is 1. The maximum Gasteiger partial charge on any atom is 0.250 e. The van der Waals surface area contributed by atoms with Gasteiger partial charge in [0.1, 0.15) is 0 Å². The van der Waals surface area contributed by atoms with Crippen LogP contribution in [0.3, 0.4) is 0 Å². The molecule has 2 heterocycles. The molecule has 0 amide bonds. The van der Waals surface area contributed by atoms with E-state index in [-0.39, 0.29) is 17.6 Å². The van der Waals surface area contributed by atoms with E-state index >= 15 is 0 Å². The van der Waals surface area contributed by atoms with Crippen molar-refractivity contribution in [1.29, 1.82) is 0 Å². The van der Waals surface area contributed by atoms with E-state index in [0.29, 0.717) is 6.54 Å². The van der Waals surface area contributed by atoms with Crippen LogP contribution in [-0.2, 0) is 7.59 Å². The highest BCUT2D eigenvalue weighted by atomic mass is 35.6. The number of rotatable bonds is 7. The lowest BCUT2D eigenvalue weighted by Gasteiger charge is -2.16. The molecule has 0 bridgehead atoms. The number of alkyl halides is 6. The quantitative estimate of drug-likeness (QED) is 0.439. The monoisotopic (exact) mass is 467 g/mol. The van der Waals surface area contributed by atoms with Gasteiger partial charge in [-0.15, -0.1) is 0 Å². The Labute approximate surface area is 177 Å². The molecule has 0 unspecified atom stereocenters. The molecule has 11 heteroatoms. The van der Waals surface area contributed by atoms with Crippen molar-refractivity contribution in [2.24, 2.45) is 0 Å². The number of unbranched alkanes of at least 4 members (excludes halogenated alkanes) is 2. The Hall–Kier alpha value is 0.510. The highest BCUT2D eigenvalue weighted by molar-refractivity contribution is 6.67. The molecule has 5 nitrogen and oxygen atoms in total. The van der Waals surface area contributed by atoms with Crippen LogP contribution in [0.2, 0.25) is 0 Å². The molecule has 1 aromatic heterocycles. The standard InChI is InChI=1S/C14H19Cl6N5/c15-13(16,17)10-22-11(14(18,19)20)24-12(23-10)21-6-2-1-3-7-25-8-4-5-9-25/h1-9H2,(H,21,22,23,24). The molecule has 1 aliphatic rings. The van der Waals surface area contributed by atoms with E-state index in [0.717, 1.165) is 25.8 Å². The van der Waals surface area contributed by atoms with Gasteiger partial charge in [-0.3, -0.25) is 0 Å². The first kappa shape index (κ1) is 21.8. The fourth-order valence-electron chi connectivity index (χ4n) is 2.55. The first-order chi connectivity index (χ1) is 11.7. The summed E-state index contributed by atoms with van der Waals surface area (Å²) in [5.41, 5.74) is 0. The van der Waals surface area contributed by atoms with Gasteiger partial charge < -0.3 is 10.2 Å². The number of hydrogen-bond acceptors (Lipinski definition) is 5. The Bertz CT molecular complexity index is 521. The lowest BCUT2D eigenvalue weighted by atomic mass is 10.2. The third-order valence-electron chi connectivity index (χ3n) is 3.78. The maximum absolute atomic E-state index is 5.83. The highest BCUT2D eigenvalue weighted by Crippen LogP contribution is 2.40. The molecule has 1 fully saturated rings. The third-order valence-corrected chi connectivity index (χ3v) is 4.79. The average Bonchev–Trinajstić information content (AvgIpc) is 3.02. The molecule has 1 saturated heterocycles. The zero-order valence-electron chi connectivity index (χ0n) is 13.4. The number of hydrogen-bond donors (Lipinski definition) is 1. The summed E-state index contributed by atoms with van der Waals surface area (Å²) in [5, 5.41) is 3.07. The van der Waals surface area contributed by atoms with Gasteiger partial charge in [-0.2, -0.15) is 9.97 Å². The summed E-state index contributed by atoms with van der Waals surface area (Å²) < 4.78 is -3.67. The lowest BCUT2D eigenvalue weighted by Crippen LogP contribution is -2.20. The van der Waals surface area contributed by atoms with Gasteiger partial charge in [0.25, 0.3) is 0 Å². The number of nitrogens with zero attached hydrogens (tertiary/aromatic N) is 4.